The molecule has 2 nitrogen and oxygen atoms in total. The SMILES string of the molecule is C=C(Br)CNC(C)CCCN(CC)CC. The van der Waals surface area contributed by atoms with Crippen molar-refractivity contribution in [2.24, 2.45) is 0 Å². The molecule has 15 heavy (non-hydrogen) atoms. The van der Waals surface area contributed by atoms with E-state index in [-0.39, 0.29) is 0 Å². The smallest absolute Gasteiger partial charge is 0.0268 e. The minimum Gasteiger partial charge on any atom is -0.310 e. The van der Waals surface area contributed by atoms with Crippen LogP contribution in [-0.2, 0) is 0 Å². The van der Waals surface area contributed by atoms with E-state index >= 15 is 0 Å². The first kappa shape index (κ1) is 15.1. The van der Waals surface area contributed by atoms with E-state index in [0.29, 0.717) is 6.04 Å². The Balaban J connectivity index is 3.45. The molecule has 1 atom stereocenters. The zero-order valence-corrected chi connectivity index (χ0v) is 11.9. The van der Waals surface area contributed by atoms with Crippen molar-refractivity contribution in [2.45, 2.75) is 39.7 Å². The van der Waals surface area contributed by atoms with Gasteiger partial charge in [0.2, 0.25) is 0 Å². The van der Waals surface area contributed by atoms with Gasteiger partial charge in [0.05, 0.1) is 0 Å². The van der Waals surface area contributed by atoms with E-state index in [1.165, 1.54) is 19.4 Å². The van der Waals surface area contributed by atoms with Crippen LogP contribution in [0.5, 0.6) is 0 Å². The third-order valence-electron chi connectivity index (χ3n) is 2.65. The largest absolute Gasteiger partial charge is 0.310 e. The molecule has 1 unspecified atom stereocenters. The highest BCUT2D eigenvalue weighted by Gasteiger charge is 2.03. The normalized spacial score (nSPS) is 13.1. The van der Waals surface area contributed by atoms with Gasteiger partial charge in [-0.1, -0.05) is 36.4 Å². The van der Waals surface area contributed by atoms with Gasteiger partial charge in [0, 0.05) is 17.1 Å². The maximum Gasteiger partial charge on any atom is 0.0268 e. The molecule has 0 amide bonds. The average Bonchev–Trinajstić information content (AvgIpc) is 2.21. The summed E-state index contributed by atoms with van der Waals surface area (Å²) in [5.41, 5.74) is 0. The first-order chi connectivity index (χ1) is 7.10. The van der Waals surface area contributed by atoms with Crippen molar-refractivity contribution in [3.05, 3.63) is 11.1 Å². The Labute approximate surface area is 103 Å². The second-order valence-electron chi connectivity index (χ2n) is 3.97. The maximum atomic E-state index is 3.81. The molecule has 0 aromatic heterocycles. The molecule has 0 bridgehead atoms. The Bertz CT molecular complexity index is 167. The molecule has 0 fully saturated rings. The first-order valence-electron chi connectivity index (χ1n) is 5.89. The standard InChI is InChI=1S/C12H25BrN2/c1-5-15(6-2)9-7-8-12(4)14-10-11(3)13/h12,14H,3,5-10H2,1-2,4H3. The van der Waals surface area contributed by atoms with Crippen molar-refractivity contribution >= 4 is 15.9 Å². The average molecular weight is 277 g/mol. The Hall–Kier alpha value is 0.140. The van der Waals surface area contributed by atoms with Crippen LogP contribution in [0.1, 0.15) is 33.6 Å². The molecule has 0 aromatic rings. The van der Waals surface area contributed by atoms with Gasteiger partial charge in [-0.2, -0.15) is 0 Å². The summed E-state index contributed by atoms with van der Waals surface area (Å²) in [4.78, 5) is 2.47. The van der Waals surface area contributed by atoms with Gasteiger partial charge in [-0.05, 0) is 39.4 Å². The fourth-order valence-electron chi connectivity index (χ4n) is 1.55. The number of hydrogen-bond donors (Lipinski definition) is 1. The molecule has 0 aliphatic rings. The molecule has 0 rings (SSSR count). The van der Waals surface area contributed by atoms with Gasteiger partial charge in [-0.25, -0.2) is 0 Å². The van der Waals surface area contributed by atoms with Crippen LogP contribution in [0.2, 0.25) is 0 Å². The molecule has 0 saturated heterocycles. The lowest BCUT2D eigenvalue weighted by Gasteiger charge is -2.19. The van der Waals surface area contributed by atoms with Crippen LogP contribution in [-0.4, -0.2) is 37.1 Å². The summed E-state index contributed by atoms with van der Waals surface area (Å²) in [6, 6.07) is 0.579. The van der Waals surface area contributed by atoms with Crippen molar-refractivity contribution in [2.75, 3.05) is 26.2 Å². The van der Waals surface area contributed by atoms with Crippen molar-refractivity contribution < 1.29 is 0 Å². The van der Waals surface area contributed by atoms with Crippen LogP contribution in [0.4, 0.5) is 0 Å². The van der Waals surface area contributed by atoms with Crippen LogP contribution >= 0.6 is 15.9 Å². The van der Waals surface area contributed by atoms with E-state index in [4.69, 9.17) is 0 Å². The number of rotatable bonds is 9. The molecular formula is C12H25BrN2. The van der Waals surface area contributed by atoms with Gasteiger partial charge in [0.25, 0.3) is 0 Å². The fraction of sp³-hybridized carbons (Fsp3) is 0.833. The summed E-state index contributed by atoms with van der Waals surface area (Å²) in [5.74, 6) is 0. The summed E-state index contributed by atoms with van der Waals surface area (Å²) in [5, 5.41) is 3.43. The quantitative estimate of drug-likeness (QED) is 0.697. The Kier molecular flexibility index (Phi) is 9.46. The highest BCUT2D eigenvalue weighted by molar-refractivity contribution is 9.11. The van der Waals surface area contributed by atoms with Gasteiger partial charge < -0.3 is 10.2 Å². The minimum absolute atomic E-state index is 0.579. The molecule has 3 heteroatoms. The number of halogens is 1. The summed E-state index contributed by atoms with van der Waals surface area (Å²) in [6.07, 6.45) is 2.50. The van der Waals surface area contributed by atoms with E-state index in [0.717, 1.165) is 24.1 Å². The van der Waals surface area contributed by atoms with E-state index < -0.39 is 0 Å². The summed E-state index contributed by atoms with van der Waals surface area (Å²) in [6.45, 7) is 14.9. The second kappa shape index (κ2) is 9.37. The van der Waals surface area contributed by atoms with Crippen LogP contribution in [0.3, 0.4) is 0 Å². The molecular weight excluding hydrogens is 252 g/mol. The molecule has 90 valence electrons. The van der Waals surface area contributed by atoms with Crippen LogP contribution in [0, 0.1) is 0 Å². The van der Waals surface area contributed by atoms with Gasteiger partial charge >= 0.3 is 0 Å². The van der Waals surface area contributed by atoms with Gasteiger partial charge in [0.15, 0.2) is 0 Å². The van der Waals surface area contributed by atoms with E-state index in [9.17, 15) is 0 Å². The highest BCUT2D eigenvalue weighted by atomic mass is 79.9. The molecule has 0 radical (unpaired) electrons. The lowest BCUT2D eigenvalue weighted by molar-refractivity contribution is 0.291. The lowest BCUT2D eigenvalue weighted by atomic mass is 10.2. The van der Waals surface area contributed by atoms with Crippen molar-refractivity contribution in [3.8, 4) is 0 Å². The molecule has 0 heterocycles. The van der Waals surface area contributed by atoms with Gasteiger partial charge in [0.1, 0.15) is 0 Å². The predicted octanol–water partition coefficient (Wildman–Crippen LogP) is 3.00. The van der Waals surface area contributed by atoms with Crippen molar-refractivity contribution in [1.29, 1.82) is 0 Å². The second-order valence-corrected chi connectivity index (χ2v) is 5.09. The number of nitrogens with zero attached hydrogens (tertiary/aromatic N) is 1. The summed E-state index contributed by atoms with van der Waals surface area (Å²) in [7, 11) is 0. The molecule has 0 saturated carbocycles. The number of hydrogen-bond acceptors (Lipinski definition) is 2. The maximum absolute atomic E-state index is 3.81. The highest BCUT2D eigenvalue weighted by Crippen LogP contribution is 2.02. The predicted molar refractivity (Wildman–Crippen MR) is 72.6 cm³/mol. The first-order valence-corrected chi connectivity index (χ1v) is 6.68. The summed E-state index contributed by atoms with van der Waals surface area (Å²) < 4.78 is 1.03. The van der Waals surface area contributed by atoms with E-state index in [2.05, 4.69) is 53.5 Å². The third kappa shape index (κ3) is 9.09. The Morgan fingerprint density at radius 1 is 1.40 bits per heavy atom. The van der Waals surface area contributed by atoms with Crippen molar-refractivity contribution in [1.82, 2.24) is 10.2 Å². The zero-order valence-electron chi connectivity index (χ0n) is 10.4. The molecule has 0 spiro atoms. The topological polar surface area (TPSA) is 15.3 Å². The molecule has 0 aliphatic carbocycles. The van der Waals surface area contributed by atoms with Gasteiger partial charge in [-0.15, -0.1) is 0 Å². The zero-order chi connectivity index (χ0) is 11.7. The third-order valence-corrected chi connectivity index (χ3v) is 2.93. The number of nitrogens with one attached hydrogen (secondary N) is 1. The fourth-order valence-corrected chi connectivity index (χ4v) is 1.71. The molecule has 0 aromatic carbocycles. The Morgan fingerprint density at radius 2 is 2.00 bits per heavy atom. The monoisotopic (exact) mass is 276 g/mol. The molecule has 1 N–H and O–H groups in total. The minimum atomic E-state index is 0.579. The van der Waals surface area contributed by atoms with E-state index in [1.807, 2.05) is 0 Å². The van der Waals surface area contributed by atoms with E-state index in [1.54, 1.807) is 0 Å². The summed E-state index contributed by atoms with van der Waals surface area (Å²) >= 11 is 3.35. The van der Waals surface area contributed by atoms with Crippen molar-refractivity contribution in [3.63, 3.8) is 0 Å². The Morgan fingerprint density at radius 3 is 2.47 bits per heavy atom. The van der Waals surface area contributed by atoms with Crippen LogP contribution in [0.15, 0.2) is 11.1 Å². The molecule has 0 aliphatic heterocycles. The lowest BCUT2D eigenvalue weighted by Crippen LogP contribution is -2.29. The van der Waals surface area contributed by atoms with Crippen LogP contribution in [0.25, 0.3) is 0 Å². The van der Waals surface area contributed by atoms with Crippen LogP contribution < -0.4 is 5.32 Å². The van der Waals surface area contributed by atoms with Gasteiger partial charge in [-0.3, -0.25) is 0 Å².